The van der Waals surface area contributed by atoms with E-state index < -0.39 is 0 Å². The van der Waals surface area contributed by atoms with Crippen LogP contribution in [-0.4, -0.2) is 41.8 Å². The fraction of sp³-hybridized carbons (Fsp3) is 1.00. The van der Waals surface area contributed by atoms with Crippen molar-refractivity contribution in [2.24, 2.45) is 17.6 Å². The third-order valence-electron chi connectivity index (χ3n) is 4.51. The van der Waals surface area contributed by atoms with Gasteiger partial charge in [-0.25, -0.2) is 0 Å². The van der Waals surface area contributed by atoms with Gasteiger partial charge in [0.25, 0.3) is 0 Å². The van der Waals surface area contributed by atoms with Crippen LogP contribution in [0.3, 0.4) is 0 Å². The maximum atomic E-state index is 9.64. The number of aliphatic hydroxyl groups excluding tert-OH is 1. The molecule has 18 heavy (non-hydrogen) atoms. The SMILES string of the molecule is CC(C)CC(N)C(CO)N(C)C1CCC(C)CC1. The lowest BCUT2D eigenvalue weighted by molar-refractivity contribution is 0.0633. The second kappa shape index (κ2) is 7.46. The van der Waals surface area contributed by atoms with Gasteiger partial charge in [0.2, 0.25) is 0 Å². The summed E-state index contributed by atoms with van der Waals surface area (Å²) in [5, 5.41) is 9.64. The first-order chi connectivity index (χ1) is 8.45. The molecule has 3 nitrogen and oxygen atoms in total. The fourth-order valence-corrected chi connectivity index (χ4v) is 3.19. The van der Waals surface area contributed by atoms with E-state index in [9.17, 15) is 5.11 Å². The first-order valence-corrected chi connectivity index (χ1v) is 7.54. The van der Waals surface area contributed by atoms with E-state index in [2.05, 4.69) is 32.7 Å². The van der Waals surface area contributed by atoms with Gasteiger partial charge in [-0.3, -0.25) is 4.90 Å². The minimum absolute atomic E-state index is 0.0827. The van der Waals surface area contributed by atoms with Gasteiger partial charge >= 0.3 is 0 Å². The molecular formula is C15H32N2O. The molecule has 0 bridgehead atoms. The first kappa shape index (κ1) is 15.9. The van der Waals surface area contributed by atoms with Gasteiger partial charge in [-0.2, -0.15) is 0 Å². The number of nitrogens with zero attached hydrogens (tertiary/aromatic N) is 1. The monoisotopic (exact) mass is 256 g/mol. The molecule has 0 spiro atoms. The van der Waals surface area contributed by atoms with E-state index in [0.717, 1.165) is 12.3 Å². The zero-order chi connectivity index (χ0) is 13.7. The molecule has 1 fully saturated rings. The summed E-state index contributed by atoms with van der Waals surface area (Å²) in [5.74, 6) is 1.46. The highest BCUT2D eigenvalue weighted by atomic mass is 16.3. The Hall–Kier alpha value is -0.120. The van der Waals surface area contributed by atoms with E-state index in [-0.39, 0.29) is 18.7 Å². The van der Waals surface area contributed by atoms with E-state index in [1.165, 1.54) is 25.7 Å². The summed E-state index contributed by atoms with van der Waals surface area (Å²) >= 11 is 0. The van der Waals surface area contributed by atoms with Crippen molar-refractivity contribution in [3.05, 3.63) is 0 Å². The Labute approximate surface area is 113 Å². The Balaban J connectivity index is 2.52. The Bertz CT molecular complexity index is 225. The Morgan fingerprint density at radius 2 is 1.78 bits per heavy atom. The van der Waals surface area contributed by atoms with Crippen LogP contribution in [-0.2, 0) is 0 Å². The number of hydrogen-bond acceptors (Lipinski definition) is 3. The lowest BCUT2D eigenvalue weighted by Gasteiger charge is -2.40. The average Bonchev–Trinajstić information content (AvgIpc) is 2.29. The van der Waals surface area contributed by atoms with Gasteiger partial charge in [0.05, 0.1) is 6.61 Å². The van der Waals surface area contributed by atoms with Gasteiger partial charge in [-0.1, -0.05) is 20.8 Å². The lowest BCUT2D eigenvalue weighted by atomic mass is 9.85. The molecule has 0 radical (unpaired) electrons. The lowest BCUT2D eigenvalue weighted by Crippen LogP contribution is -2.53. The molecule has 1 rings (SSSR count). The van der Waals surface area contributed by atoms with Crippen LogP contribution >= 0.6 is 0 Å². The van der Waals surface area contributed by atoms with Crippen molar-refractivity contribution in [3.8, 4) is 0 Å². The Morgan fingerprint density at radius 3 is 2.22 bits per heavy atom. The summed E-state index contributed by atoms with van der Waals surface area (Å²) in [6.07, 6.45) is 6.11. The van der Waals surface area contributed by atoms with E-state index in [1.807, 2.05) is 0 Å². The second-order valence-electron chi connectivity index (χ2n) is 6.62. The molecule has 1 saturated carbocycles. The predicted octanol–water partition coefficient (Wildman–Crippen LogP) is 2.23. The first-order valence-electron chi connectivity index (χ1n) is 7.54. The van der Waals surface area contributed by atoms with Gasteiger partial charge in [0, 0.05) is 18.1 Å². The Kier molecular flexibility index (Phi) is 6.61. The van der Waals surface area contributed by atoms with Crippen molar-refractivity contribution in [1.29, 1.82) is 0 Å². The third-order valence-corrected chi connectivity index (χ3v) is 4.51. The smallest absolute Gasteiger partial charge is 0.0601 e. The summed E-state index contributed by atoms with van der Waals surface area (Å²) in [6, 6.07) is 0.807. The van der Waals surface area contributed by atoms with Crippen LogP contribution in [0.15, 0.2) is 0 Å². The van der Waals surface area contributed by atoms with Crippen molar-refractivity contribution in [2.75, 3.05) is 13.7 Å². The van der Waals surface area contributed by atoms with Crippen molar-refractivity contribution in [1.82, 2.24) is 4.90 Å². The predicted molar refractivity (Wildman–Crippen MR) is 77.5 cm³/mol. The molecule has 3 N–H and O–H groups in total. The van der Waals surface area contributed by atoms with Crippen molar-refractivity contribution in [3.63, 3.8) is 0 Å². The van der Waals surface area contributed by atoms with Crippen molar-refractivity contribution >= 4 is 0 Å². The second-order valence-corrected chi connectivity index (χ2v) is 6.62. The molecule has 0 aliphatic heterocycles. The zero-order valence-corrected chi connectivity index (χ0v) is 12.6. The maximum absolute atomic E-state index is 9.64. The summed E-state index contributed by atoms with van der Waals surface area (Å²) < 4.78 is 0. The van der Waals surface area contributed by atoms with Crippen LogP contribution in [0.4, 0.5) is 0 Å². The zero-order valence-electron chi connectivity index (χ0n) is 12.6. The minimum atomic E-state index is 0.0827. The molecular weight excluding hydrogens is 224 g/mol. The minimum Gasteiger partial charge on any atom is -0.395 e. The van der Waals surface area contributed by atoms with Gasteiger partial charge in [0.1, 0.15) is 0 Å². The molecule has 0 aromatic heterocycles. The highest BCUT2D eigenvalue weighted by molar-refractivity contribution is 4.86. The van der Waals surface area contributed by atoms with Crippen LogP contribution in [0.5, 0.6) is 0 Å². The quantitative estimate of drug-likeness (QED) is 0.766. The van der Waals surface area contributed by atoms with E-state index in [1.54, 1.807) is 0 Å². The normalized spacial score (nSPS) is 28.7. The molecule has 2 unspecified atom stereocenters. The van der Waals surface area contributed by atoms with Gasteiger partial charge in [-0.15, -0.1) is 0 Å². The summed E-state index contributed by atoms with van der Waals surface area (Å²) in [4.78, 5) is 2.35. The Morgan fingerprint density at radius 1 is 1.22 bits per heavy atom. The van der Waals surface area contributed by atoms with Crippen LogP contribution in [0.25, 0.3) is 0 Å². The summed E-state index contributed by atoms with van der Waals surface area (Å²) in [6.45, 7) is 6.90. The van der Waals surface area contributed by atoms with Crippen LogP contribution in [0.2, 0.25) is 0 Å². The number of nitrogens with two attached hydrogens (primary N) is 1. The number of likely N-dealkylation sites (N-methyl/N-ethyl adjacent to an activating group) is 1. The molecule has 0 aromatic rings. The molecule has 0 saturated heterocycles. The van der Waals surface area contributed by atoms with Gasteiger partial charge in [-0.05, 0) is 51.0 Å². The summed E-state index contributed by atoms with van der Waals surface area (Å²) in [7, 11) is 2.14. The van der Waals surface area contributed by atoms with Crippen LogP contribution in [0, 0.1) is 11.8 Å². The maximum Gasteiger partial charge on any atom is 0.0601 e. The van der Waals surface area contributed by atoms with Gasteiger partial charge < -0.3 is 10.8 Å². The number of rotatable bonds is 6. The van der Waals surface area contributed by atoms with Crippen molar-refractivity contribution < 1.29 is 5.11 Å². The average molecular weight is 256 g/mol. The topological polar surface area (TPSA) is 49.5 Å². The summed E-state index contributed by atoms with van der Waals surface area (Å²) in [5.41, 5.74) is 6.26. The van der Waals surface area contributed by atoms with E-state index in [4.69, 9.17) is 5.73 Å². The largest absolute Gasteiger partial charge is 0.395 e. The van der Waals surface area contributed by atoms with Gasteiger partial charge in [0.15, 0.2) is 0 Å². The number of aliphatic hydroxyl groups is 1. The highest BCUT2D eigenvalue weighted by Gasteiger charge is 2.29. The molecule has 2 atom stereocenters. The number of hydrogen-bond donors (Lipinski definition) is 2. The molecule has 0 aromatic carbocycles. The fourth-order valence-electron chi connectivity index (χ4n) is 3.19. The van der Waals surface area contributed by atoms with Crippen molar-refractivity contribution in [2.45, 2.75) is 71.0 Å². The highest BCUT2D eigenvalue weighted by Crippen LogP contribution is 2.28. The molecule has 0 amide bonds. The molecule has 1 aliphatic carbocycles. The standard InChI is InChI=1S/C15H32N2O/c1-11(2)9-14(16)15(10-18)17(4)13-7-5-12(3)6-8-13/h11-15,18H,5-10,16H2,1-4H3. The van der Waals surface area contributed by atoms with E-state index in [0.29, 0.717) is 12.0 Å². The molecule has 108 valence electrons. The third kappa shape index (κ3) is 4.52. The molecule has 3 heteroatoms. The van der Waals surface area contributed by atoms with Crippen LogP contribution in [0.1, 0.15) is 52.9 Å². The molecule has 1 aliphatic rings. The van der Waals surface area contributed by atoms with E-state index >= 15 is 0 Å². The van der Waals surface area contributed by atoms with Crippen LogP contribution < -0.4 is 5.73 Å². The molecule has 0 heterocycles.